The van der Waals surface area contributed by atoms with Crippen LogP contribution >= 0.6 is 0 Å². The van der Waals surface area contributed by atoms with Gasteiger partial charge in [-0.05, 0) is 37.6 Å². The van der Waals surface area contributed by atoms with Crippen LogP contribution in [-0.2, 0) is 6.54 Å². The molecule has 1 unspecified atom stereocenters. The number of nitrogens with one attached hydrogen (secondary N) is 1. The third-order valence-electron chi connectivity index (χ3n) is 2.79. The first-order chi connectivity index (χ1) is 8.04. The van der Waals surface area contributed by atoms with E-state index >= 15 is 0 Å². The number of hydrogen-bond donors (Lipinski definition) is 2. The summed E-state index contributed by atoms with van der Waals surface area (Å²) >= 11 is 0. The number of aliphatic hydroxyl groups is 1. The van der Waals surface area contributed by atoms with Crippen LogP contribution in [0.3, 0.4) is 0 Å². The second kappa shape index (κ2) is 6.62. The molecule has 0 radical (unpaired) electrons. The first-order valence-corrected chi connectivity index (χ1v) is 6.24. The fourth-order valence-corrected chi connectivity index (χ4v) is 2.02. The molecule has 0 aliphatic rings. The van der Waals surface area contributed by atoms with Crippen molar-refractivity contribution in [1.29, 1.82) is 0 Å². The first kappa shape index (κ1) is 14.0. The van der Waals surface area contributed by atoms with E-state index in [9.17, 15) is 5.11 Å². The molecule has 0 heterocycles. The van der Waals surface area contributed by atoms with Crippen molar-refractivity contribution in [2.24, 2.45) is 0 Å². The number of anilines is 1. The van der Waals surface area contributed by atoms with E-state index in [2.05, 4.69) is 42.3 Å². The average Bonchev–Trinajstić information content (AvgIpc) is 2.25. The molecule has 1 rings (SSSR count). The zero-order valence-corrected chi connectivity index (χ0v) is 11.3. The van der Waals surface area contributed by atoms with E-state index in [1.165, 1.54) is 16.8 Å². The van der Waals surface area contributed by atoms with Crippen molar-refractivity contribution in [2.45, 2.75) is 33.4 Å². The Morgan fingerprint density at radius 3 is 2.65 bits per heavy atom. The summed E-state index contributed by atoms with van der Waals surface area (Å²) in [5.41, 5.74) is 3.74. The van der Waals surface area contributed by atoms with Crippen LogP contribution in [0, 0.1) is 6.92 Å². The van der Waals surface area contributed by atoms with E-state index in [0.717, 1.165) is 13.1 Å². The summed E-state index contributed by atoms with van der Waals surface area (Å²) < 4.78 is 0. The number of hydrogen-bond acceptors (Lipinski definition) is 3. The summed E-state index contributed by atoms with van der Waals surface area (Å²) in [6, 6.07) is 6.48. The number of aryl methyl sites for hydroxylation is 1. The van der Waals surface area contributed by atoms with Gasteiger partial charge in [0.2, 0.25) is 0 Å². The average molecular weight is 236 g/mol. The van der Waals surface area contributed by atoms with E-state index < -0.39 is 0 Å². The van der Waals surface area contributed by atoms with Gasteiger partial charge in [0.05, 0.1) is 6.10 Å². The van der Waals surface area contributed by atoms with Crippen LogP contribution < -0.4 is 10.2 Å². The maximum atomic E-state index is 9.39. The topological polar surface area (TPSA) is 35.5 Å². The highest BCUT2D eigenvalue weighted by atomic mass is 16.3. The third-order valence-corrected chi connectivity index (χ3v) is 2.79. The molecule has 0 amide bonds. The smallest absolute Gasteiger partial charge is 0.0686 e. The zero-order chi connectivity index (χ0) is 12.8. The van der Waals surface area contributed by atoms with Crippen LogP contribution in [0.5, 0.6) is 0 Å². The predicted molar refractivity (Wildman–Crippen MR) is 73.5 cm³/mol. The molecule has 3 heteroatoms. The molecule has 3 nitrogen and oxygen atoms in total. The number of benzene rings is 1. The lowest BCUT2D eigenvalue weighted by molar-refractivity contribution is 0.201. The molecular formula is C14H24N2O. The van der Waals surface area contributed by atoms with E-state index in [1.54, 1.807) is 0 Å². The normalized spacial score (nSPS) is 12.5. The molecule has 17 heavy (non-hydrogen) atoms. The predicted octanol–water partition coefficient (Wildman–Crippen LogP) is 1.92. The maximum absolute atomic E-state index is 9.39. The van der Waals surface area contributed by atoms with Crippen molar-refractivity contribution >= 4 is 5.69 Å². The Labute approximate surface area is 104 Å². The van der Waals surface area contributed by atoms with E-state index in [0.29, 0.717) is 6.54 Å². The second-order valence-electron chi connectivity index (χ2n) is 4.63. The Kier molecular flexibility index (Phi) is 5.45. The van der Waals surface area contributed by atoms with Crippen LogP contribution in [0.1, 0.15) is 25.0 Å². The summed E-state index contributed by atoms with van der Waals surface area (Å²) in [7, 11) is 2.01. The highest BCUT2D eigenvalue weighted by Gasteiger charge is 2.07. The van der Waals surface area contributed by atoms with Gasteiger partial charge in [-0.1, -0.05) is 19.1 Å². The molecule has 0 fully saturated rings. The van der Waals surface area contributed by atoms with Crippen molar-refractivity contribution < 1.29 is 5.11 Å². The largest absolute Gasteiger partial charge is 0.392 e. The van der Waals surface area contributed by atoms with Gasteiger partial charge in [-0.25, -0.2) is 0 Å². The highest BCUT2D eigenvalue weighted by molar-refractivity contribution is 5.54. The van der Waals surface area contributed by atoms with Crippen LogP contribution in [0.15, 0.2) is 18.2 Å². The summed E-state index contributed by atoms with van der Waals surface area (Å²) in [5, 5.41) is 12.7. The van der Waals surface area contributed by atoms with Gasteiger partial charge in [-0.2, -0.15) is 0 Å². The number of likely N-dealkylation sites (N-methyl/N-ethyl adjacent to an activating group) is 1. The Hall–Kier alpha value is -1.06. The van der Waals surface area contributed by atoms with Crippen molar-refractivity contribution in [3.05, 3.63) is 29.3 Å². The van der Waals surface area contributed by atoms with E-state index in [1.807, 2.05) is 14.0 Å². The quantitative estimate of drug-likeness (QED) is 0.792. The summed E-state index contributed by atoms with van der Waals surface area (Å²) in [4.78, 5) is 2.09. The second-order valence-corrected chi connectivity index (χ2v) is 4.63. The Bertz CT molecular complexity index is 350. The maximum Gasteiger partial charge on any atom is 0.0686 e. The number of rotatable bonds is 6. The standard InChI is InChI=1S/C14H24N2O/c1-5-15-9-13-6-7-14(11(2)8-13)16(4)10-12(3)17/h6-8,12,15,17H,5,9-10H2,1-4H3. The Morgan fingerprint density at radius 1 is 1.41 bits per heavy atom. The molecule has 0 aliphatic heterocycles. The molecule has 0 saturated heterocycles. The van der Waals surface area contributed by atoms with Crippen molar-refractivity contribution in [3.8, 4) is 0 Å². The summed E-state index contributed by atoms with van der Waals surface area (Å²) in [5.74, 6) is 0. The summed E-state index contributed by atoms with van der Waals surface area (Å²) in [6.45, 7) is 8.60. The lowest BCUT2D eigenvalue weighted by Gasteiger charge is -2.23. The van der Waals surface area contributed by atoms with Crippen LogP contribution in [0.25, 0.3) is 0 Å². The van der Waals surface area contributed by atoms with Crippen molar-refractivity contribution in [3.63, 3.8) is 0 Å². The third kappa shape index (κ3) is 4.36. The molecule has 0 spiro atoms. The minimum Gasteiger partial charge on any atom is -0.392 e. The minimum absolute atomic E-state index is 0.305. The Balaban J connectivity index is 2.74. The highest BCUT2D eigenvalue weighted by Crippen LogP contribution is 2.20. The lowest BCUT2D eigenvalue weighted by atomic mass is 10.1. The van der Waals surface area contributed by atoms with Gasteiger partial charge in [0, 0.05) is 25.8 Å². The van der Waals surface area contributed by atoms with Gasteiger partial charge in [0.15, 0.2) is 0 Å². The van der Waals surface area contributed by atoms with Gasteiger partial charge in [0.1, 0.15) is 0 Å². The molecular weight excluding hydrogens is 212 g/mol. The number of aliphatic hydroxyl groups excluding tert-OH is 1. The Morgan fingerprint density at radius 2 is 2.12 bits per heavy atom. The minimum atomic E-state index is -0.305. The van der Waals surface area contributed by atoms with E-state index in [4.69, 9.17) is 0 Å². The van der Waals surface area contributed by atoms with Gasteiger partial charge in [0.25, 0.3) is 0 Å². The van der Waals surface area contributed by atoms with Crippen LogP contribution in [-0.4, -0.2) is 31.3 Å². The lowest BCUT2D eigenvalue weighted by Crippen LogP contribution is -2.27. The van der Waals surface area contributed by atoms with Crippen LogP contribution in [0.4, 0.5) is 5.69 Å². The van der Waals surface area contributed by atoms with Crippen molar-refractivity contribution in [1.82, 2.24) is 5.32 Å². The molecule has 1 atom stereocenters. The molecule has 2 N–H and O–H groups in total. The zero-order valence-electron chi connectivity index (χ0n) is 11.3. The fourth-order valence-electron chi connectivity index (χ4n) is 2.02. The fraction of sp³-hybridized carbons (Fsp3) is 0.571. The molecule has 1 aromatic rings. The SMILES string of the molecule is CCNCc1ccc(N(C)CC(C)O)c(C)c1. The van der Waals surface area contributed by atoms with Gasteiger partial charge >= 0.3 is 0 Å². The molecule has 0 aromatic heterocycles. The van der Waals surface area contributed by atoms with Crippen molar-refractivity contribution in [2.75, 3.05) is 25.0 Å². The molecule has 0 saturated carbocycles. The van der Waals surface area contributed by atoms with Crippen LogP contribution in [0.2, 0.25) is 0 Å². The number of nitrogens with zero attached hydrogens (tertiary/aromatic N) is 1. The molecule has 0 aliphatic carbocycles. The van der Waals surface area contributed by atoms with Gasteiger partial charge in [-0.15, -0.1) is 0 Å². The summed E-state index contributed by atoms with van der Waals surface area (Å²) in [6.07, 6.45) is -0.305. The molecule has 1 aromatic carbocycles. The molecule has 0 bridgehead atoms. The first-order valence-electron chi connectivity index (χ1n) is 6.24. The van der Waals surface area contributed by atoms with Gasteiger partial charge < -0.3 is 15.3 Å². The monoisotopic (exact) mass is 236 g/mol. The van der Waals surface area contributed by atoms with Gasteiger partial charge in [-0.3, -0.25) is 0 Å². The molecule has 96 valence electrons. The van der Waals surface area contributed by atoms with E-state index in [-0.39, 0.29) is 6.10 Å².